The molecule has 0 radical (unpaired) electrons. The number of aromatic nitrogens is 1. The topological polar surface area (TPSA) is 36.4 Å². The zero-order valence-electron chi connectivity index (χ0n) is 16.0. The second kappa shape index (κ2) is 6.79. The summed E-state index contributed by atoms with van der Waals surface area (Å²) in [6.07, 6.45) is 4.78. The number of hydrogen-bond acceptors (Lipinski definition) is 3. The van der Waals surface area contributed by atoms with Crippen molar-refractivity contribution in [2.75, 3.05) is 16.3 Å². The van der Waals surface area contributed by atoms with Crippen LogP contribution in [0.25, 0.3) is 0 Å². The third kappa shape index (κ3) is 2.76. The predicted molar refractivity (Wildman–Crippen MR) is 112 cm³/mol. The molecule has 0 saturated heterocycles. The normalized spacial score (nSPS) is 18.0. The molecule has 2 aliphatic rings. The highest BCUT2D eigenvalue weighted by molar-refractivity contribution is 6.07. The lowest BCUT2D eigenvalue weighted by molar-refractivity contribution is 0.0985. The second-order valence-corrected chi connectivity index (χ2v) is 7.64. The number of benzene rings is 2. The first-order valence-corrected chi connectivity index (χ1v) is 9.95. The van der Waals surface area contributed by atoms with Crippen molar-refractivity contribution in [1.29, 1.82) is 0 Å². The number of para-hydroxylation sites is 2. The Balaban J connectivity index is 1.50. The first-order chi connectivity index (χ1) is 13.7. The maximum atomic E-state index is 13.3. The Hall–Kier alpha value is -3.14. The molecule has 1 unspecified atom stereocenters. The van der Waals surface area contributed by atoms with E-state index in [9.17, 15) is 4.79 Å². The van der Waals surface area contributed by atoms with Gasteiger partial charge in [0.25, 0.3) is 5.91 Å². The van der Waals surface area contributed by atoms with Crippen molar-refractivity contribution >= 4 is 23.1 Å². The largest absolute Gasteiger partial charge is 0.323 e. The van der Waals surface area contributed by atoms with E-state index in [1.54, 1.807) is 6.20 Å². The van der Waals surface area contributed by atoms with Crippen molar-refractivity contribution in [2.45, 2.75) is 32.2 Å². The average molecular weight is 369 g/mol. The molecule has 0 fully saturated rings. The van der Waals surface area contributed by atoms with Crippen LogP contribution >= 0.6 is 0 Å². The Bertz CT molecular complexity index is 1050. The van der Waals surface area contributed by atoms with Crippen molar-refractivity contribution in [2.24, 2.45) is 0 Å². The van der Waals surface area contributed by atoms with Crippen LogP contribution in [-0.2, 0) is 12.8 Å². The van der Waals surface area contributed by atoms with Gasteiger partial charge in [-0.3, -0.25) is 4.79 Å². The number of hydrogen-bond donors (Lipinski definition) is 0. The minimum absolute atomic E-state index is 0.0518. The van der Waals surface area contributed by atoms with Crippen LogP contribution < -0.4 is 9.80 Å². The van der Waals surface area contributed by atoms with E-state index in [0.717, 1.165) is 37.3 Å². The van der Waals surface area contributed by atoms with Crippen molar-refractivity contribution < 1.29 is 4.79 Å². The van der Waals surface area contributed by atoms with Gasteiger partial charge >= 0.3 is 0 Å². The Kier molecular flexibility index (Phi) is 4.12. The number of nitrogens with zero attached hydrogens (tertiary/aromatic N) is 3. The fourth-order valence-electron chi connectivity index (χ4n) is 4.50. The monoisotopic (exact) mass is 369 g/mol. The SMILES string of the molecule is CC1Cc2ccccc2N1c1cc(C(=O)N2CCCc3ccccc32)ccn1. The molecule has 0 aliphatic carbocycles. The van der Waals surface area contributed by atoms with E-state index >= 15 is 0 Å². The van der Waals surface area contributed by atoms with Crippen LogP contribution in [0.5, 0.6) is 0 Å². The van der Waals surface area contributed by atoms with Crippen molar-refractivity contribution in [3.63, 3.8) is 0 Å². The predicted octanol–water partition coefficient (Wildman–Crippen LogP) is 4.76. The van der Waals surface area contributed by atoms with E-state index < -0.39 is 0 Å². The lowest BCUT2D eigenvalue weighted by Crippen LogP contribution is -2.35. The Labute approximate surface area is 165 Å². The zero-order valence-corrected chi connectivity index (χ0v) is 16.0. The molecule has 3 aromatic rings. The number of carbonyl (C=O) groups excluding carboxylic acids is 1. The highest BCUT2D eigenvalue weighted by atomic mass is 16.2. The van der Waals surface area contributed by atoms with E-state index in [4.69, 9.17) is 0 Å². The van der Waals surface area contributed by atoms with Gasteiger partial charge < -0.3 is 9.80 Å². The second-order valence-electron chi connectivity index (χ2n) is 7.64. The number of rotatable bonds is 2. The van der Waals surface area contributed by atoms with Gasteiger partial charge in [0, 0.05) is 35.7 Å². The molecule has 0 saturated carbocycles. The van der Waals surface area contributed by atoms with Gasteiger partial charge in [0.05, 0.1) is 0 Å². The van der Waals surface area contributed by atoms with Crippen LogP contribution in [0, 0.1) is 0 Å². The third-order valence-corrected chi connectivity index (χ3v) is 5.80. The van der Waals surface area contributed by atoms with E-state index in [1.165, 1.54) is 16.8 Å². The third-order valence-electron chi connectivity index (χ3n) is 5.80. The molecule has 1 aromatic heterocycles. The van der Waals surface area contributed by atoms with Crippen LogP contribution in [0.2, 0.25) is 0 Å². The van der Waals surface area contributed by atoms with Crippen LogP contribution in [0.1, 0.15) is 34.8 Å². The van der Waals surface area contributed by atoms with Gasteiger partial charge in [0.15, 0.2) is 0 Å². The summed E-state index contributed by atoms with van der Waals surface area (Å²) < 4.78 is 0. The summed E-state index contributed by atoms with van der Waals surface area (Å²) >= 11 is 0. The molecular weight excluding hydrogens is 346 g/mol. The van der Waals surface area contributed by atoms with Gasteiger partial charge in [-0.15, -0.1) is 0 Å². The van der Waals surface area contributed by atoms with Crippen LogP contribution in [0.4, 0.5) is 17.2 Å². The molecule has 140 valence electrons. The minimum Gasteiger partial charge on any atom is -0.323 e. The summed E-state index contributed by atoms with van der Waals surface area (Å²) in [5, 5.41) is 0. The van der Waals surface area contributed by atoms with Gasteiger partial charge in [-0.05, 0) is 61.6 Å². The maximum absolute atomic E-state index is 13.3. The zero-order chi connectivity index (χ0) is 19.1. The number of pyridine rings is 1. The number of fused-ring (bicyclic) bond motifs is 2. The Morgan fingerprint density at radius 3 is 2.61 bits per heavy atom. The van der Waals surface area contributed by atoms with Crippen molar-refractivity contribution in [3.05, 3.63) is 83.6 Å². The lowest BCUT2D eigenvalue weighted by Gasteiger charge is -2.30. The molecule has 0 spiro atoms. The van der Waals surface area contributed by atoms with Gasteiger partial charge in [-0.25, -0.2) is 4.98 Å². The molecule has 4 nitrogen and oxygen atoms in total. The van der Waals surface area contributed by atoms with E-state index in [-0.39, 0.29) is 5.91 Å². The van der Waals surface area contributed by atoms with Crippen LogP contribution in [0.3, 0.4) is 0 Å². The lowest BCUT2D eigenvalue weighted by atomic mass is 10.0. The fourth-order valence-corrected chi connectivity index (χ4v) is 4.50. The van der Waals surface area contributed by atoms with Gasteiger partial charge in [-0.1, -0.05) is 36.4 Å². The molecule has 4 heteroatoms. The molecule has 5 rings (SSSR count). The maximum Gasteiger partial charge on any atom is 0.258 e. The molecule has 1 amide bonds. The molecule has 0 bridgehead atoms. The number of anilines is 3. The molecule has 1 atom stereocenters. The number of carbonyl (C=O) groups is 1. The summed E-state index contributed by atoms with van der Waals surface area (Å²) in [6.45, 7) is 2.97. The summed E-state index contributed by atoms with van der Waals surface area (Å²) in [7, 11) is 0. The Morgan fingerprint density at radius 2 is 1.75 bits per heavy atom. The molecule has 0 N–H and O–H groups in total. The molecule has 2 aliphatic heterocycles. The summed E-state index contributed by atoms with van der Waals surface area (Å²) in [6, 6.07) is 20.8. The first-order valence-electron chi connectivity index (χ1n) is 9.95. The minimum atomic E-state index is 0.0518. The molecule has 28 heavy (non-hydrogen) atoms. The standard InChI is InChI=1S/C24H23N3O/c1-17-15-19-8-3-5-11-22(19)27(17)23-16-20(12-13-25-23)24(28)26-14-6-9-18-7-2-4-10-21(18)26/h2-5,7-8,10-13,16-17H,6,9,14-15H2,1H3. The van der Waals surface area contributed by atoms with Crippen molar-refractivity contribution in [1.82, 2.24) is 4.98 Å². The molecule has 2 aromatic carbocycles. The molecule has 3 heterocycles. The molecular formula is C24H23N3O. The van der Waals surface area contributed by atoms with Gasteiger partial charge in [0.2, 0.25) is 0 Å². The smallest absolute Gasteiger partial charge is 0.258 e. The summed E-state index contributed by atoms with van der Waals surface area (Å²) in [5.74, 6) is 0.893. The average Bonchev–Trinajstić information content (AvgIpc) is 3.08. The number of aryl methyl sites for hydroxylation is 1. The van der Waals surface area contributed by atoms with E-state index in [1.807, 2.05) is 35.2 Å². The fraction of sp³-hybridized carbons (Fsp3) is 0.250. The summed E-state index contributed by atoms with van der Waals surface area (Å²) in [4.78, 5) is 22.1. The van der Waals surface area contributed by atoms with Crippen molar-refractivity contribution in [3.8, 4) is 0 Å². The highest BCUT2D eigenvalue weighted by Gasteiger charge is 2.29. The van der Waals surface area contributed by atoms with E-state index in [0.29, 0.717) is 11.6 Å². The Morgan fingerprint density at radius 1 is 1.00 bits per heavy atom. The van der Waals surface area contributed by atoms with Gasteiger partial charge in [0.1, 0.15) is 5.82 Å². The highest BCUT2D eigenvalue weighted by Crippen LogP contribution is 2.37. The van der Waals surface area contributed by atoms with Crippen LogP contribution in [0.15, 0.2) is 66.9 Å². The summed E-state index contributed by atoms with van der Waals surface area (Å²) in [5.41, 5.74) is 5.50. The quantitative estimate of drug-likeness (QED) is 0.654. The first kappa shape index (κ1) is 17.0. The number of amides is 1. The van der Waals surface area contributed by atoms with Crippen LogP contribution in [-0.4, -0.2) is 23.5 Å². The van der Waals surface area contributed by atoms with Gasteiger partial charge in [-0.2, -0.15) is 0 Å². The van der Waals surface area contributed by atoms with E-state index in [2.05, 4.69) is 47.1 Å².